The molecular weight excluding hydrogens is 443 g/mol. The molecule has 1 aliphatic heterocycles. The monoisotopic (exact) mass is 460 g/mol. The molecule has 1 aromatic carbocycles. The molecule has 0 radical (unpaired) electrons. The standard InChI is InChI=1S/C18H17IN6O/c19-17-23-15(14-16(24-17)25-8-3-9-26-18(25)22-14)20-7-6-11-10-21-13-5-2-1-4-12(11)13/h1-2,4-5,10,21H,3,6-9H2,(H,20,23,24). The molecule has 0 fully saturated rings. The van der Waals surface area contributed by atoms with Gasteiger partial charge in [-0.1, -0.05) is 18.2 Å². The Bertz CT molecular complexity index is 1100. The number of aromatic amines is 1. The third-order valence-corrected chi connectivity index (χ3v) is 5.13. The summed E-state index contributed by atoms with van der Waals surface area (Å²) in [6.07, 6.45) is 3.95. The molecule has 0 amide bonds. The highest BCUT2D eigenvalue weighted by Crippen LogP contribution is 2.28. The second-order valence-corrected chi connectivity index (χ2v) is 7.26. The molecule has 132 valence electrons. The average Bonchev–Trinajstić information content (AvgIpc) is 3.24. The molecule has 5 rings (SSSR count). The van der Waals surface area contributed by atoms with Gasteiger partial charge in [-0.2, -0.15) is 4.98 Å². The molecule has 3 aromatic heterocycles. The Hall–Kier alpha value is -2.36. The molecule has 1 aliphatic rings. The van der Waals surface area contributed by atoms with E-state index in [-0.39, 0.29) is 0 Å². The Balaban J connectivity index is 1.41. The maximum atomic E-state index is 5.66. The minimum Gasteiger partial charge on any atom is -0.465 e. The predicted octanol–water partition coefficient (Wildman–Crippen LogP) is 3.35. The van der Waals surface area contributed by atoms with Gasteiger partial charge in [-0.15, -0.1) is 0 Å². The van der Waals surface area contributed by atoms with Gasteiger partial charge in [0.1, 0.15) is 0 Å². The van der Waals surface area contributed by atoms with Gasteiger partial charge in [-0.05, 0) is 24.5 Å². The van der Waals surface area contributed by atoms with E-state index in [4.69, 9.17) is 4.74 Å². The van der Waals surface area contributed by atoms with E-state index in [0.29, 0.717) is 16.4 Å². The summed E-state index contributed by atoms with van der Waals surface area (Å²) in [6.45, 7) is 2.36. The fourth-order valence-corrected chi connectivity index (χ4v) is 3.90. The third kappa shape index (κ3) is 2.68. The van der Waals surface area contributed by atoms with Crippen LogP contribution in [0, 0.1) is 3.83 Å². The number of fused-ring (bicyclic) bond motifs is 4. The molecule has 2 N–H and O–H groups in total. The van der Waals surface area contributed by atoms with E-state index < -0.39 is 0 Å². The van der Waals surface area contributed by atoms with E-state index in [0.717, 1.165) is 42.9 Å². The van der Waals surface area contributed by atoms with Crippen molar-refractivity contribution in [3.8, 4) is 6.01 Å². The maximum absolute atomic E-state index is 5.66. The number of anilines is 1. The summed E-state index contributed by atoms with van der Waals surface area (Å²) >= 11 is 2.15. The highest BCUT2D eigenvalue weighted by Gasteiger charge is 2.20. The zero-order chi connectivity index (χ0) is 17.5. The number of H-pyrrole nitrogens is 1. The number of nitrogens with one attached hydrogen (secondary N) is 2. The Kier molecular flexibility index (Phi) is 3.92. The summed E-state index contributed by atoms with van der Waals surface area (Å²) in [5, 5.41) is 4.71. The lowest BCUT2D eigenvalue weighted by Crippen LogP contribution is -2.14. The van der Waals surface area contributed by atoms with E-state index >= 15 is 0 Å². The number of imidazole rings is 1. The van der Waals surface area contributed by atoms with Crippen LogP contribution in [0.25, 0.3) is 22.1 Å². The van der Waals surface area contributed by atoms with E-state index in [1.165, 1.54) is 16.5 Å². The minimum atomic E-state index is 0.641. The van der Waals surface area contributed by atoms with Crippen LogP contribution in [0.5, 0.6) is 6.01 Å². The van der Waals surface area contributed by atoms with Crippen molar-refractivity contribution in [3.05, 3.63) is 39.9 Å². The van der Waals surface area contributed by atoms with Gasteiger partial charge in [-0.25, -0.2) is 9.97 Å². The summed E-state index contributed by atoms with van der Waals surface area (Å²) in [7, 11) is 0. The first-order valence-corrected chi connectivity index (χ1v) is 9.73. The number of benzene rings is 1. The number of halogens is 1. The van der Waals surface area contributed by atoms with Gasteiger partial charge in [0.2, 0.25) is 0 Å². The zero-order valence-electron chi connectivity index (χ0n) is 14.0. The molecule has 7 nitrogen and oxygen atoms in total. The van der Waals surface area contributed by atoms with Crippen molar-refractivity contribution < 1.29 is 4.74 Å². The van der Waals surface area contributed by atoms with Gasteiger partial charge >= 0.3 is 0 Å². The van der Waals surface area contributed by atoms with E-state index in [9.17, 15) is 0 Å². The molecule has 8 heteroatoms. The maximum Gasteiger partial charge on any atom is 0.298 e. The topological polar surface area (TPSA) is 80.7 Å². The fraction of sp³-hybridized carbons (Fsp3) is 0.278. The van der Waals surface area contributed by atoms with Crippen LogP contribution in [-0.2, 0) is 13.0 Å². The number of ether oxygens (including phenoxy) is 1. The molecule has 0 bridgehead atoms. The molecule has 0 unspecified atom stereocenters. The van der Waals surface area contributed by atoms with E-state index in [2.05, 4.69) is 72.2 Å². The van der Waals surface area contributed by atoms with Gasteiger partial charge in [0.05, 0.1) is 6.61 Å². The van der Waals surface area contributed by atoms with Gasteiger partial charge in [-0.3, -0.25) is 4.57 Å². The molecule has 0 aliphatic carbocycles. The number of hydrogen-bond acceptors (Lipinski definition) is 5. The van der Waals surface area contributed by atoms with Crippen molar-refractivity contribution in [2.24, 2.45) is 0 Å². The molecular formula is C18H17IN6O. The van der Waals surface area contributed by atoms with E-state index in [1.54, 1.807) is 0 Å². The van der Waals surface area contributed by atoms with Crippen molar-refractivity contribution >= 4 is 50.5 Å². The molecule has 0 spiro atoms. The van der Waals surface area contributed by atoms with Gasteiger partial charge < -0.3 is 15.0 Å². The lowest BCUT2D eigenvalue weighted by atomic mass is 10.1. The van der Waals surface area contributed by atoms with Crippen LogP contribution in [0.3, 0.4) is 0 Å². The second-order valence-electron chi connectivity index (χ2n) is 6.30. The molecule has 0 saturated heterocycles. The lowest BCUT2D eigenvalue weighted by molar-refractivity contribution is 0.233. The molecule has 0 atom stereocenters. The number of rotatable bonds is 4. The second kappa shape index (κ2) is 6.42. The predicted molar refractivity (Wildman–Crippen MR) is 109 cm³/mol. The normalized spacial score (nSPS) is 13.7. The van der Waals surface area contributed by atoms with Gasteiger partial charge in [0, 0.05) is 52.8 Å². The quantitative estimate of drug-likeness (QED) is 0.361. The van der Waals surface area contributed by atoms with Crippen molar-refractivity contribution in [2.75, 3.05) is 18.5 Å². The van der Waals surface area contributed by atoms with Crippen LogP contribution in [0.4, 0.5) is 5.82 Å². The zero-order valence-corrected chi connectivity index (χ0v) is 16.2. The molecule has 4 heterocycles. The SMILES string of the molecule is Ic1nc(NCCc2c[nH]c3ccccc23)c2nc3n(c2n1)CCCO3. The number of nitrogens with zero attached hydrogens (tertiary/aromatic N) is 4. The first-order chi connectivity index (χ1) is 12.8. The summed E-state index contributed by atoms with van der Waals surface area (Å²) in [5.74, 6) is 0.768. The van der Waals surface area contributed by atoms with Gasteiger partial charge in [0.15, 0.2) is 20.8 Å². The van der Waals surface area contributed by atoms with Crippen LogP contribution < -0.4 is 10.1 Å². The van der Waals surface area contributed by atoms with Crippen molar-refractivity contribution in [1.82, 2.24) is 24.5 Å². The van der Waals surface area contributed by atoms with Crippen LogP contribution >= 0.6 is 22.6 Å². The number of aryl methyl sites for hydroxylation is 1. The first kappa shape index (κ1) is 15.9. The molecule has 26 heavy (non-hydrogen) atoms. The Morgan fingerprint density at radius 2 is 2.15 bits per heavy atom. The largest absolute Gasteiger partial charge is 0.465 e. The van der Waals surface area contributed by atoms with Crippen LogP contribution in [0.15, 0.2) is 30.5 Å². The van der Waals surface area contributed by atoms with Crippen molar-refractivity contribution in [2.45, 2.75) is 19.4 Å². The number of aromatic nitrogens is 5. The molecule has 0 saturated carbocycles. The van der Waals surface area contributed by atoms with Crippen molar-refractivity contribution in [1.29, 1.82) is 0 Å². The highest BCUT2D eigenvalue weighted by atomic mass is 127. The lowest BCUT2D eigenvalue weighted by Gasteiger charge is -2.14. The Morgan fingerprint density at radius 3 is 3.12 bits per heavy atom. The molecule has 4 aromatic rings. The smallest absolute Gasteiger partial charge is 0.298 e. The Labute approximate surface area is 163 Å². The minimum absolute atomic E-state index is 0.641. The summed E-state index contributed by atoms with van der Waals surface area (Å²) in [6, 6.07) is 9.00. The highest BCUT2D eigenvalue weighted by molar-refractivity contribution is 14.1. The first-order valence-electron chi connectivity index (χ1n) is 8.65. The van der Waals surface area contributed by atoms with Crippen LogP contribution in [-0.4, -0.2) is 37.7 Å². The van der Waals surface area contributed by atoms with Crippen LogP contribution in [0.2, 0.25) is 0 Å². The number of hydrogen-bond donors (Lipinski definition) is 2. The summed E-state index contributed by atoms with van der Waals surface area (Å²) in [4.78, 5) is 17.0. The third-order valence-electron chi connectivity index (χ3n) is 4.65. The number of para-hydroxylation sites is 1. The van der Waals surface area contributed by atoms with E-state index in [1.807, 2.05) is 10.6 Å². The average molecular weight is 460 g/mol. The van der Waals surface area contributed by atoms with Crippen molar-refractivity contribution in [3.63, 3.8) is 0 Å². The fourth-order valence-electron chi connectivity index (χ4n) is 3.43. The van der Waals surface area contributed by atoms with Crippen LogP contribution in [0.1, 0.15) is 12.0 Å². The summed E-state index contributed by atoms with van der Waals surface area (Å²) < 4.78 is 8.41. The Morgan fingerprint density at radius 1 is 1.23 bits per heavy atom. The summed E-state index contributed by atoms with van der Waals surface area (Å²) in [5.41, 5.74) is 4.08. The van der Waals surface area contributed by atoms with Gasteiger partial charge in [0.25, 0.3) is 6.01 Å².